The van der Waals surface area contributed by atoms with Crippen LogP contribution in [0.1, 0.15) is 59.2 Å². The van der Waals surface area contributed by atoms with E-state index >= 15 is 0 Å². The van der Waals surface area contributed by atoms with Gasteiger partial charge in [-0.25, -0.2) is 0 Å². The number of hydrogen-bond donors (Lipinski definition) is 1. The molecule has 5 nitrogen and oxygen atoms in total. The third-order valence-electron chi connectivity index (χ3n) is 6.92. The first-order valence-corrected chi connectivity index (χ1v) is 12.6. The van der Waals surface area contributed by atoms with Gasteiger partial charge in [0.25, 0.3) is 0 Å². The Morgan fingerprint density at radius 2 is 1.88 bits per heavy atom. The van der Waals surface area contributed by atoms with E-state index < -0.39 is 0 Å². The van der Waals surface area contributed by atoms with Crippen LogP contribution in [0, 0.1) is 20.8 Å². The van der Waals surface area contributed by atoms with E-state index in [1.807, 2.05) is 12.3 Å². The summed E-state index contributed by atoms with van der Waals surface area (Å²) in [6, 6.07) is 15.2. The minimum atomic E-state index is 0.0181. The van der Waals surface area contributed by atoms with E-state index in [-0.39, 0.29) is 12.1 Å². The maximum atomic E-state index is 5.88. The molecule has 2 aromatic heterocycles. The molecule has 6 heteroatoms. The molecule has 0 spiro atoms. The summed E-state index contributed by atoms with van der Waals surface area (Å²) in [6.45, 7) is 10.9. The molecule has 1 aromatic carbocycles. The van der Waals surface area contributed by atoms with Gasteiger partial charge in [-0.15, -0.1) is 0 Å². The summed E-state index contributed by atoms with van der Waals surface area (Å²) in [5.41, 5.74) is 8.86. The maximum Gasteiger partial charge on any atom is 0.170 e. The van der Waals surface area contributed by atoms with Gasteiger partial charge in [0, 0.05) is 24.1 Å². The van der Waals surface area contributed by atoms with Crippen molar-refractivity contribution in [1.82, 2.24) is 24.7 Å². The van der Waals surface area contributed by atoms with Crippen LogP contribution in [0.3, 0.4) is 0 Å². The molecule has 1 N–H and O–H groups in total. The second-order valence-corrected chi connectivity index (χ2v) is 9.96. The Labute approximate surface area is 209 Å². The average molecular weight is 476 g/mol. The number of benzene rings is 1. The Morgan fingerprint density at radius 1 is 1.09 bits per heavy atom. The van der Waals surface area contributed by atoms with Crippen molar-refractivity contribution in [3.05, 3.63) is 82.4 Å². The number of nitrogens with zero attached hydrogens (tertiary/aromatic N) is 4. The fourth-order valence-corrected chi connectivity index (χ4v) is 5.63. The second-order valence-electron chi connectivity index (χ2n) is 9.57. The minimum Gasteiger partial charge on any atom is -0.352 e. The molecule has 0 radical (unpaired) electrons. The molecule has 0 amide bonds. The Bertz CT molecular complexity index is 1150. The molecule has 3 aromatic rings. The normalized spacial score (nSPS) is 18.1. The van der Waals surface area contributed by atoms with Crippen molar-refractivity contribution in [1.29, 1.82) is 0 Å². The molecule has 2 atom stereocenters. The molecular formula is C28H37N5S. The van der Waals surface area contributed by atoms with Gasteiger partial charge in [0.15, 0.2) is 5.11 Å². The highest BCUT2D eigenvalue weighted by Crippen LogP contribution is 2.42. The monoisotopic (exact) mass is 475 g/mol. The average Bonchev–Trinajstić information content (AvgIpc) is 3.29. The zero-order valence-corrected chi connectivity index (χ0v) is 22.1. The van der Waals surface area contributed by atoms with E-state index in [9.17, 15) is 0 Å². The van der Waals surface area contributed by atoms with Crippen LogP contribution in [-0.4, -0.2) is 51.6 Å². The summed E-state index contributed by atoms with van der Waals surface area (Å²) in [5.74, 6) is 0. The highest BCUT2D eigenvalue weighted by molar-refractivity contribution is 7.80. The number of nitrogens with one attached hydrogen (secondary N) is 1. The number of thiocarbonyl (C=S) groups is 1. The first kappa shape index (κ1) is 24.4. The third kappa shape index (κ3) is 4.62. The summed E-state index contributed by atoms with van der Waals surface area (Å²) < 4.78 is 2.44. The SMILES string of the molecule is CCc1cccc(C)c1-n1c(C)cc([C@H]2[C@H](c3ccccn3)NC(=S)N2CCCN(C)C)c1C. The molecule has 180 valence electrons. The summed E-state index contributed by atoms with van der Waals surface area (Å²) >= 11 is 5.88. The van der Waals surface area contributed by atoms with Gasteiger partial charge in [0.2, 0.25) is 0 Å². The van der Waals surface area contributed by atoms with Crippen LogP contribution in [0.4, 0.5) is 0 Å². The van der Waals surface area contributed by atoms with Gasteiger partial charge in [-0.05, 0) is 101 Å². The van der Waals surface area contributed by atoms with E-state index in [0.717, 1.165) is 36.7 Å². The first-order valence-electron chi connectivity index (χ1n) is 12.2. The largest absolute Gasteiger partial charge is 0.352 e. The fourth-order valence-electron chi connectivity index (χ4n) is 5.30. The number of para-hydroxylation sites is 1. The van der Waals surface area contributed by atoms with Crippen molar-refractivity contribution >= 4 is 17.3 Å². The van der Waals surface area contributed by atoms with Crippen molar-refractivity contribution in [3.63, 3.8) is 0 Å². The van der Waals surface area contributed by atoms with Crippen LogP contribution in [0.15, 0.2) is 48.7 Å². The number of hydrogen-bond acceptors (Lipinski definition) is 3. The summed E-state index contributed by atoms with van der Waals surface area (Å²) in [6.07, 6.45) is 3.93. The highest BCUT2D eigenvalue weighted by atomic mass is 32.1. The lowest BCUT2D eigenvalue weighted by atomic mass is 9.96. The Morgan fingerprint density at radius 3 is 2.56 bits per heavy atom. The molecule has 0 bridgehead atoms. The van der Waals surface area contributed by atoms with Crippen LogP contribution in [0.25, 0.3) is 5.69 Å². The molecule has 1 fully saturated rings. The van der Waals surface area contributed by atoms with Gasteiger partial charge >= 0.3 is 0 Å². The smallest absolute Gasteiger partial charge is 0.170 e. The molecule has 1 saturated heterocycles. The summed E-state index contributed by atoms with van der Waals surface area (Å²) in [4.78, 5) is 9.32. The van der Waals surface area contributed by atoms with Crippen molar-refractivity contribution in [3.8, 4) is 5.69 Å². The molecule has 0 unspecified atom stereocenters. The molecule has 1 aliphatic heterocycles. The Balaban J connectivity index is 1.82. The zero-order valence-electron chi connectivity index (χ0n) is 21.3. The zero-order chi connectivity index (χ0) is 24.4. The Kier molecular flexibility index (Phi) is 7.39. The molecular weight excluding hydrogens is 438 g/mol. The lowest BCUT2D eigenvalue weighted by Gasteiger charge is -2.28. The number of rotatable bonds is 8. The van der Waals surface area contributed by atoms with Crippen LogP contribution in [0.2, 0.25) is 0 Å². The van der Waals surface area contributed by atoms with Crippen molar-refractivity contribution in [2.75, 3.05) is 27.2 Å². The number of aryl methyl sites for hydroxylation is 3. The van der Waals surface area contributed by atoms with Gasteiger partial charge in [0.05, 0.1) is 23.5 Å². The molecule has 3 heterocycles. The van der Waals surface area contributed by atoms with Gasteiger partial charge in [-0.3, -0.25) is 4.98 Å². The second kappa shape index (κ2) is 10.3. The summed E-state index contributed by atoms with van der Waals surface area (Å²) in [5, 5.41) is 4.42. The van der Waals surface area contributed by atoms with Gasteiger partial charge < -0.3 is 19.7 Å². The van der Waals surface area contributed by atoms with Crippen molar-refractivity contribution in [2.45, 2.75) is 52.6 Å². The molecule has 0 saturated carbocycles. The van der Waals surface area contributed by atoms with E-state index in [1.54, 1.807) is 0 Å². The standard InChI is InChI=1S/C28H37N5S/c1-7-22-13-10-12-19(2)26(22)33-20(3)18-23(21(33)4)27-25(24-14-8-9-15-29-24)30-28(34)32(27)17-11-16-31(5)6/h8-10,12-15,18,25,27H,7,11,16-17H2,1-6H3,(H,30,34)/t25-,27-/m0/s1. The maximum absolute atomic E-state index is 5.88. The number of aromatic nitrogens is 2. The van der Waals surface area contributed by atoms with Crippen LogP contribution in [-0.2, 0) is 6.42 Å². The molecule has 0 aliphatic carbocycles. The fraction of sp³-hybridized carbons (Fsp3) is 0.429. The van der Waals surface area contributed by atoms with Crippen LogP contribution in [0.5, 0.6) is 0 Å². The molecule has 1 aliphatic rings. The van der Waals surface area contributed by atoms with E-state index in [4.69, 9.17) is 17.2 Å². The predicted molar refractivity (Wildman–Crippen MR) is 145 cm³/mol. The van der Waals surface area contributed by atoms with Crippen LogP contribution >= 0.6 is 12.2 Å². The van der Waals surface area contributed by atoms with Crippen molar-refractivity contribution in [2.24, 2.45) is 0 Å². The Hall–Kier alpha value is -2.70. The molecule has 4 rings (SSSR count). The van der Waals surface area contributed by atoms with Crippen molar-refractivity contribution < 1.29 is 0 Å². The lowest BCUT2D eigenvalue weighted by Crippen LogP contribution is -2.32. The highest BCUT2D eigenvalue weighted by Gasteiger charge is 2.41. The van der Waals surface area contributed by atoms with Crippen LogP contribution < -0.4 is 5.32 Å². The summed E-state index contributed by atoms with van der Waals surface area (Å²) in [7, 11) is 4.24. The first-order chi connectivity index (χ1) is 16.3. The lowest BCUT2D eigenvalue weighted by molar-refractivity contribution is 0.292. The van der Waals surface area contributed by atoms with E-state index in [2.05, 4.69) is 97.9 Å². The minimum absolute atomic E-state index is 0.0181. The van der Waals surface area contributed by atoms with E-state index in [1.165, 1.54) is 33.8 Å². The van der Waals surface area contributed by atoms with Gasteiger partial charge in [0.1, 0.15) is 0 Å². The van der Waals surface area contributed by atoms with Gasteiger partial charge in [-0.2, -0.15) is 0 Å². The third-order valence-corrected chi connectivity index (χ3v) is 7.27. The molecule has 34 heavy (non-hydrogen) atoms. The van der Waals surface area contributed by atoms with E-state index in [0.29, 0.717) is 0 Å². The topological polar surface area (TPSA) is 36.3 Å². The van der Waals surface area contributed by atoms with Gasteiger partial charge in [-0.1, -0.05) is 31.2 Å². The quantitative estimate of drug-likeness (QED) is 0.448. The number of pyridine rings is 1. The predicted octanol–water partition coefficient (Wildman–Crippen LogP) is 5.28.